The van der Waals surface area contributed by atoms with E-state index in [1.807, 2.05) is 30.3 Å². The van der Waals surface area contributed by atoms with Crippen LogP contribution in [0.3, 0.4) is 0 Å². The first-order valence-electron chi connectivity index (χ1n) is 6.05. The summed E-state index contributed by atoms with van der Waals surface area (Å²) in [6, 6.07) is 7.62. The van der Waals surface area contributed by atoms with Crippen molar-refractivity contribution in [2.75, 3.05) is 16.8 Å². The first-order valence-corrected chi connectivity index (χ1v) is 7.03. The Morgan fingerprint density at radius 3 is 2.95 bits per heavy atom. The fraction of sp³-hybridized carbons (Fsp3) is 0.143. The number of carbonyl (C=O) groups is 1. The van der Waals surface area contributed by atoms with Gasteiger partial charge in [-0.25, -0.2) is 0 Å². The zero-order valence-electron chi connectivity index (χ0n) is 11.2. The molecule has 6 heteroatoms. The van der Waals surface area contributed by atoms with E-state index in [9.17, 15) is 4.79 Å². The molecular weight excluding hydrogens is 272 g/mol. The van der Waals surface area contributed by atoms with Crippen LogP contribution in [-0.4, -0.2) is 21.4 Å². The molecule has 5 nitrogen and oxygen atoms in total. The lowest BCUT2D eigenvalue weighted by Gasteiger charge is -2.10. The molecule has 0 aliphatic heterocycles. The third-order valence-corrected chi connectivity index (χ3v) is 3.74. The molecule has 1 aromatic carbocycles. The number of para-hydroxylation sites is 1. The van der Waals surface area contributed by atoms with E-state index in [4.69, 9.17) is 5.73 Å². The highest BCUT2D eigenvalue weighted by molar-refractivity contribution is 7.99. The monoisotopic (exact) mass is 288 g/mol. The number of benzene rings is 1. The van der Waals surface area contributed by atoms with Crippen molar-refractivity contribution in [1.82, 2.24) is 9.78 Å². The molecule has 0 saturated heterocycles. The Kier molecular flexibility index (Phi) is 4.47. The van der Waals surface area contributed by atoms with Gasteiger partial charge >= 0.3 is 0 Å². The normalized spacial score (nSPS) is 10.2. The summed E-state index contributed by atoms with van der Waals surface area (Å²) in [5.74, 6) is 0.509. The summed E-state index contributed by atoms with van der Waals surface area (Å²) in [6.45, 7) is 3.69. The van der Waals surface area contributed by atoms with E-state index in [1.54, 1.807) is 18.8 Å². The molecule has 2 aromatic rings. The Hall–Kier alpha value is -2.21. The highest BCUT2D eigenvalue weighted by Crippen LogP contribution is 2.27. The van der Waals surface area contributed by atoms with Crippen molar-refractivity contribution >= 4 is 29.0 Å². The minimum Gasteiger partial charge on any atom is -0.396 e. The molecule has 0 unspecified atom stereocenters. The summed E-state index contributed by atoms with van der Waals surface area (Å²) >= 11 is 1.61. The number of nitrogens with two attached hydrogens (primary N) is 1. The van der Waals surface area contributed by atoms with E-state index in [0.717, 1.165) is 16.3 Å². The van der Waals surface area contributed by atoms with Crippen LogP contribution in [0.2, 0.25) is 0 Å². The molecule has 3 N–H and O–H groups in total. The molecule has 0 aliphatic rings. The Balaban J connectivity index is 2.22. The standard InChI is InChI=1S/C14H16N4OS/c1-3-8-20-12-7-5-4-6-11(12)17-14(19)13-10(15)9-16-18(13)2/h3-7,9H,1,8,15H2,2H3,(H,17,19). The zero-order chi connectivity index (χ0) is 14.5. The molecule has 0 radical (unpaired) electrons. The van der Waals surface area contributed by atoms with Crippen LogP contribution in [0.1, 0.15) is 10.5 Å². The molecule has 104 valence electrons. The van der Waals surface area contributed by atoms with Crippen LogP contribution in [0.5, 0.6) is 0 Å². The molecule has 20 heavy (non-hydrogen) atoms. The predicted molar refractivity (Wildman–Crippen MR) is 82.9 cm³/mol. The van der Waals surface area contributed by atoms with Crippen LogP contribution < -0.4 is 11.1 Å². The maximum absolute atomic E-state index is 12.3. The number of aryl methyl sites for hydroxylation is 1. The molecule has 0 fully saturated rings. The second kappa shape index (κ2) is 6.29. The number of nitrogens with zero attached hydrogens (tertiary/aromatic N) is 2. The Bertz CT molecular complexity index is 616. The van der Waals surface area contributed by atoms with E-state index < -0.39 is 0 Å². The fourth-order valence-corrected chi connectivity index (χ4v) is 2.51. The minimum atomic E-state index is -0.269. The maximum atomic E-state index is 12.3. The van der Waals surface area contributed by atoms with Gasteiger partial charge in [0.05, 0.1) is 17.6 Å². The van der Waals surface area contributed by atoms with Crippen LogP contribution in [0, 0.1) is 0 Å². The predicted octanol–water partition coefficient (Wildman–Crippen LogP) is 2.53. The van der Waals surface area contributed by atoms with Crippen molar-refractivity contribution < 1.29 is 4.79 Å². The second-order valence-electron chi connectivity index (χ2n) is 4.12. The number of rotatable bonds is 5. The largest absolute Gasteiger partial charge is 0.396 e. The number of thioether (sulfide) groups is 1. The first-order chi connectivity index (χ1) is 9.63. The molecule has 1 heterocycles. The van der Waals surface area contributed by atoms with Crippen LogP contribution in [-0.2, 0) is 7.05 Å². The number of nitrogen functional groups attached to an aromatic ring is 1. The number of amides is 1. The van der Waals surface area contributed by atoms with Gasteiger partial charge in [-0.1, -0.05) is 18.2 Å². The van der Waals surface area contributed by atoms with E-state index in [-0.39, 0.29) is 5.91 Å². The first kappa shape index (κ1) is 14.2. The van der Waals surface area contributed by atoms with Gasteiger partial charge in [0.25, 0.3) is 5.91 Å². The average Bonchev–Trinajstić information content (AvgIpc) is 2.77. The lowest BCUT2D eigenvalue weighted by atomic mass is 10.3. The maximum Gasteiger partial charge on any atom is 0.276 e. The summed E-state index contributed by atoms with van der Waals surface area (Å²) in [5.41, 5.74) is 7.22. The summed E-state index contributed by atoms with van der Waals surface area (Å²) in [6.07, 6.45) is 3.29. The second-order valence-corrected chi connectivity index (χ2v) is 5.18. The van der Waals surface area contributed by atoms with Crippen molar-refractivity contribution in [3.63, 3.8) is 0 Å². The van der Waals surface area contributed by atoms with Gasteiger partial charge < -0.3 is 11.1 Å². The Morgan fingerprint density at radius 2 is 2.30 bits per heavy atom. The third kappa shape index (κ3) is 3.03. The van der Waals surface area contributed by atoms with E-state index >= 15 is 0 Å². The smallest absolute Gasteiger partial charge is 0.276 e. The number of hydrogen-bond donors (Lipinski definition) is 2. The summed E-state index contributed by atoms with van der Waals surface area (Å²) < 4.78 is 1.46. The molecule has 0 aliphatic carbocycles. The summed E-state index contributed by atoms with van der Waals surface area (Å²) in [5, 5.41) is 6.83. The van der Waals surface area contributed by atoms with Crippen molar-refractivity contribution in [2.45, 2.75) is 4.90 Å². The molecule has 0 spiro atoms. The Morgan fingerprint density at radius 1 is 1.55 bits per heavy atom. The van der Waals surface area contributed by atoms with Crippen LogP contribution in [0.15, 0.2) is 48.0 Å². The van der Waals surface area contributed by atoms with Crippen molar-refractivity contribution in [3.8, 4) is 0 Å². The van der Waals surface area contributed by atoms with Gasteiger partial charge in [-0.15, -0.1) is 18.3 Å². The topological polar surface area (TPSA) is 72.9 Å². The van der Waals surface area contributed by atoms with Crippen molar-refractivity contribution in [2.24, 2.45) is 7.05 Å². The van der Waals surface area contributed by atoms with Gasteiger partial charge in [-0.2, -0.15) is 5.10 Å². The molecule has 0 atom stereocenters. The lowest BCUT2D eigenvalue weighted by molar-refractivity contribution is 0.101. The van der Waals surface area contributed by atoms with Gasteiger partial charge in [0.1, 0.15) is 5.69 Å². The minimum absolute atomic E-state index is 0.269. The molecule has 0 saturated carbocycles. The van der Waals surface area contributed by atoms with Crippen molar-refractivity contribution in [1.29, 1.82) is 0 Å². The van der Waals surface area contributed by atoms with Crippen molar-refractivity contribution in [3.05, 3.63) is 48.8 Å². The third-order valence-electron chi connectivity index (χ3n) is 2.67. The van der Waals surface area contributed by atoms with Gasteiger partial charge in [-0.3, -0.25) is 9.48 Å². The quantitative estimate of drug-likeness (QED) is 0.655. The zero-order valence-corrected chi connectivity index (χ0v) is 12.0. The van der Waals surface area contributed by atoms with Crippen LogP contribution >= 0.6 is 11.8 Å². The molecule has 1 aromatic heterocycles. The highest BCUT2D eigenvalue weighted by Gasteiger charge is 2.16. The number of anilines is 2. The number of carbonyl (C=O) groups excluding carboxylic acids is 1. The number of hydrogen-bond acceptors (Lipinski definition) is 4. The molecule has 0 bridgehead atoms. The van der Waals surface area contributed by atoms with Crippen LogP contribution in [0.4, 0.5) is 11.4 Å². The van der Waals surface area contributed by atoms with Gasteiger partial charge in [0.2, 0.25) is 0 Å². The van der Waals surface area contributed by atoms with E-state index in [2.05, 4.69) is 17.0 Å². The van der Waals surface area contributed by atoms with Gasteiger partial charge in [-0.05, 0) is 12.1 Å². The molecular formula is C14H16N4OS. The fourth-order valence-electron chi connectivity index (χ4n) is 1.76. The SMILES string of the molecule is C=CCSc1ccccc1NC(=O)c1c(N)cnn1C. The lowest BCUT2D eigenvalue weighted by Crippen LogP contribution is -2.18. The number of aromatic nitrogens is 2. The summed E-state index contributed by atoms with van der Waals surface area (Å²) in [4.78, 5) is 13.2. The van der Waals surface area contributed by atoms with E-state index in [1.165, 1.54) is 10.9 Å². The Labute approximate surface area is 121 Å². The van der Waals surface area contributed by atoms with Gasteiger partial charge in [0.15, 0.2) is 0 Å². The number of nitrogens with one attached hydrogen (secondary N) is 1. The summed E-state index contributed by atoms with van der Waals surface area (Å²) in [7, 11) is 1.68. The highest BCUT2D eigenvalue weighted by atomic mass is 32.2. The van der Waals surface area contributed by atoms with Gasteiger partial charge in [0, 0.05) is 17.7 Å². The molecule has 2 rings (SSSR count). The average molecular weight is 288 g/mol. The van der Waals surface area contributed by atoms with E-state index in [0.29, 0.717) is 11.4 Å². The van der Waals surface area contributed by atoms with Crippen LogP contribution in [0.25, 0.3) is 0 Å². The molecule has 1 amide bonds.